The topological polar surface area (TPSA) is 73.2 Å². The van der Waals surface area contributed by atoms with Crippen LogP contribution in [0, 0.1) is 0 Å². The third kappa shape index (κ3) is 3.87. The van der Waals surface area contributed by atoms with Crippen molar-refractivity contribution in [1.82, 2.24) is 14.3 Å². The van der Waals surface area contributed by atoms with Crippen molar-refractivity contribution in [2.24, 2.45) is 0 Å². The predicted octanol–water partition coefficient (Wildman–Crippen LogP) is 1.89. The van der Waals surface area contributed by atoms with E-state index < -0.39 is 10.0 Å². The summed E-state index contributed by atoms with van der Waals surface area (Å²) >= 11 is 6.17. The van der Waals surface area contributed by atoms with Crippen molar-refractivity contribution in [2.45, 2.75) is 18.8 Å². The van der Waals surface area contributed by atoms with E-state index in [4.69, 9.17) is 16.3 Å². The van der Waals surface area contributed by atoms with E-state index in [0.717, 1.165) is 23.0 Å². The van der Waals surface area contributed by atoms with Crippen molar-refractivity contribution < 1.29 is 13.2 Å². The number of hydrogen-bond acceptors (Lipinski definition) is 4. The van der Waals surface area contributed by atoms with Gasteiger partial charge >= 0.3 is 0 Å². The quantitative estimate of drug-likeness (QED) is 0.820. The minimum atomic E-state index is -3.21. The lowest BCUT2D eigenvalue weighted by molar-refractivity contribution is 0.415. The summed E-state index contributed by atoms with van der Waals surface area (Å²) in [6.45, 7) is 2.58. The van der Waals surface area contributed by atoms with Gasteiger partial charge in [0, 0.05) is 19.2 Å². The number of methoxy groups -OCH3 is 1. The molecule has 1 heterocycles. The monoisotopic (exact) mass is 331 g/mol. The molecule has 0 aliphatic heterocycles. The van der Waals surface area contributed by atoms with Crippen LogP contribution in [0.25, 0.3) is 11.0 Å². The Morgan fingerprint density at radius 3 is 2.76 bits per heavy atom. The number of nitrogens with one attached hydrogen (secondary N) is 1. The number of fused-ring (bicyclic) bond motifs is 1. The Bertz CT molecular complexity index is 740. The molecule has 1 unspecified atom stereocenters. The second kappa shape index (κ2) is 6.21. The van der Waals surface area contributed by atoms with Crippen LogP contribution >= 0.6 is 11.6 Å². The molecule has 0 fully saturated rings. The van der Waals surface area contributed by atoms with Gasteiger partial charge in [-0.1, -0.05) is 0 Å². The highest BCUT2D eigenvalue weighted by molar-refractivity contribution is 7.88. The molecule has 1 N–H and O–H groups in total. The molecule has 0 aliphatic rings. The summed E-state index contributed by atoms with van der Waals surface area (Å²) in [5, 5.41) is -0.276. The van der Waals surface area contributed by atoms with Gasteiger partial charge in [0.15, 0.2) is 0 Å². The van der Waals surface area contributed by atoms with Crippen molar-refractivity contribution in [2.75, 3.05) is 19.9 Å². The number of aromatic nitrogens is 2. The number of hydrogen-bond donors (Lipinski definition) is 1. The maximum atomic E-state index is 11.1. The molecule has 0 bridgehead atoms. The van der Waals surface area contributed by atoms with Crippen LogP contribution in [0.15, 0.2) is 18.2 Å². The van der Waals surface area contributed by atoms with E-state index in [0.29, 0.717) is 12.4 Å². The summed E-state index contributed by atoms with van der Waals surface area (Å²) in [5.74, 6) is 1.42. The molecular formula is C13H18ClN3O3S. The third-order valence-corrected chi connectivity index (χ3v) is 3.96. The normalized spacial score (nSPS) is 13.5. The number of benzene rings is 1. The Morgan fingerprint density at radius 1 is 1.48 bits per heavy atom. The van der Waals surface area contributed by atoms with Crippen LogP contribution in [0.3, 0.4) is 0 Å². The summed E-state index contributed by atoms with van der Waals surface area (Å²) in [5.41, 5.74) is 1.67. The van der Waals surface area contributed by atoms with Crippen LogP contribution in [-0.2, 0) is 16.6 Å². The first-order valence-corrected chi connectivity index (χ1v) is 8.77. The fourth-order valence-corrected chi connectivity index (χ4v) is 2.77. The van der Waals surface area contributed by atoms with Gasteiger partial charge in [0.2, 0.25) is 10.0 Å². The number of alkyl halides is 1. The van der Waals surface area contributed by atoms with Crippen LogP contribution in [0.4, 0.5) is 0 Å². The van der Waals surface area contributed by atoms with Gasteiger partial charge in [0.1, 0.15) is 11.6 Å². The van der Waals surface area contributed by atoms with Crippen LogP contribution in [0.2, 0.25) is 0 Å². The highest BCUT2D eigenvalue weighted by Crippen LogP contribution is 2.26. The molecule has 1 aromatic carbocycles. The molecule has 1 atom stereocenters. The maximum Gasteiger partial charge on any atom is 0.208 e. The highest BCUT2D eigenvalue weighted by Gasteiger charge is 2.15. The standard InChI is InChI=1S/C13H18ClN3O3S/c1-9(14)13-16-11-8-10(20-2)4-5-12(11)17(13)7-6-15-21(3,18)19/h4-5,8-9,15H,6-7H2,1-3H3. The van der Waals surface area contributed by atoms with Crippen LogP contribution in [0.5, 0.6) is 5.75 Å². The number of sulfonamides is 1. The average Bonchev–Trinajstić information content (AvgIpc) is 2.75. The lowest BCUT2D eigenvalue weighted by Crippen LogP contribution is -2.26. The zero-order valence-electron chi connectivity index (χ0n) is 12.1. The van der Waals surface area contributed by atoms with E-state index in [1.807, 2.05) is 29.7 Å². The zero-order chi connectivity index (χ0) is 15.6. The first kappa shape index (κ1) is 16.1. The number of halogens is 1. The van der Waals surface area contributed by atoms with Crippen molar-refractivity contribution in [3.63, 3.8) is 0 Å². The molecule has 0 amide bonds. The average molecular weight is 332 g/mol. The van der Waals surface area contributed by atoms with Gasteiger partial charge in [-0.3, -0.25) is 0 Å². The van der Waals surface area contributed by atoms with E-state index in [2.05, 4.69) is 9.71 Å². The molecule has 0 spiro atoms. The van der Waals surface area contributed by atoms with Gasteiger partial charge in [0.25, 0.3) is 0 Å². The van der Waals surface area contributed by atoms with Gasteiger partial charge in [-0.15, -0.1) is 11.6 Å². The second-order valence-electron chi connectivity index (χ2n) is 4.76. The second-order valence-corrected chi connectivity index (χ2v) is 7.25. The fourth-order valence-electron chi connectivity index (χ4n) is 2.14. The first-order chi connectivity index (χ1) is 9.81. The smallest absolute Gasteiger partial charge is 0.208 e. The molecule has 21 heavy (non-hydrogen) atoms. The summed E-state index contributed by atoms with van der Waals surface area (Å²) in [7, 11) is -1.61. The summed E-state index contributed by atoms with van der Waals surface area (Å²) in [6.07, 6.45) is 1.13. The Labute approximate surface area is 129 Å². The SMILES string of the molecule is COc1ccc2c(c1)nc(C(C)Cl)n2CCNS(C)(=O)=O. The molecule has 0 aliphatic carbocycles. The molecule has 0 radical (unpaired) electrons. The number of nitrogens with zero attached hydrogens (tertiary/aromatic N) is 2. The van der Waals surface area contributed by atoms with Crippen LogP contribution < -0.4 is 9.46 Å². The van der Waals surface area contributed by atoms with E-state index in [1.165, 1.54) is 0 Å². The summed E-state index contributed by atoms with van der Waals surface area (Å²) in [4.78, 5) is 4.51. The Kier molecular flexibility index (Phi) is 4.75. The van der Waals surface area contributed by atoms with E-state index in [9.17, 15) is 8.42 Å². The number of ether oxygens (including phenoxy) is 1. The Morgan fingerprint density at radius 2 is 2.19 bits per heavy atom. The van der Waals surface area contributed by atoms with E-state index >= 15 is 0 Å². The van der Waals surface area contributed by atoms with Gasteiger partial charge in [-0.2, -0.15) is 0 Å². The molecule has 1 aromatic heterocycles. The third-order valence-electron chi connectivity index (χ3n) is 3.04. The summed E-state index contributed by atoms with van der Waals surface area (Å²) < 4.78 is 31.9. The number of rotatable bonds is 6. The van der Waals surface area contributed by atoms with Gasteiger partial charge in [-0.25, -0.2) is 18.1 Å². The lowest BCUT2D eigenvalue weighted by Gasteiger charge is -2.10. The largest absolute Gasteiger partial charge is 0.497 e. The minimum absolute atomic E-state index is 0.276. The van der Waals surface area contributed by atoms with Gasteiger partial charge < -0.3 is 9.30 Å². The van der Waals surface area contributed by atoms with Gasteiger partial charge in [0.05, 0.1) is 29.8 Å². The first-order valence-electron chi connectivity index (χ1n) is 6.44. The highest BCUT2D eigenvalue weighted by atomic mass is 35.5. The van der Waals surface area contributed by atoms with E-state index in [1.54, 1.807) is 7.11 Å². The number of imidazole rings is 1. The molecule has 8 heteroatoms. The van der Waals surface area contributed by atoms with Crippen molar-refractivity contribution >= 4 is 32.7 Å². The van der Waals surface area contributed by atoms with Crippen molar-refractivity contribution in [3.05, 3.63) is 24.0 Å². The molecule has 2 aromatic rings. The lowest BCUT2D eigenvalue weighted by atomic mass is 10.3. The summed E-state index contributed by atoms with van der Waals surface area (Å²) in [6, 6.07) is 5.57. The fraction of sp³-hybridized carbons (Fsp3) is 0.462. The van der Waals surface area contributed by atoms with E-state index in [-0.39, 0.29) is 11.9 Å². The maximum absolute atomic E-state index is 11.1. The zero-order valence-corrected chi connectivity index (χ0v) is 13.7. The van der Waals surface area contributed by atoms with Crippen LogP contribution in [-0.4, -0.2) is 37.9 Å². The molecule has 2 rings (SSSR count). The minimum Gasteiger partial charge on any atom is -0.497 e. The van der Waals surface area contributed by atoms with Gasteiger partial charge in [-0.05, 0) is 19.1 Å². The molecule has 116 valence electrons. The van der Waals surface area contributed by atoms with Crippen molar-refractivity contribution in [3.8, 4) is 5.75 Å². The molecule has 6 nitrogen and oxygen atoms in total. The Hall–Kier alpha value is -1.31. The predicted molar refractivity (Wildman–Crippen MR) is 83.4 cm³/mol. The molecular weight excluding hydrogens is 314 g/mol. The molecule has 0 saturated heterocycles. The van der Waals surface area contributed by atoms with Crippen LogP contribution in [0.1, 0.15) is 18.1 Å². The van der Waals surface area contributed by atoms with Crippen molar-refractivity contribution in [1.29, 1.82) is 0 Å². The Balaban J connectivity index is 2.37. The molecule has 0 saturated carbocycles.